The van der Waals surface area contributed by atoms with E-state index in [9.17, 15) is 13.2 Å². The average Bonchev–Trinajstić information content (AvgIpc) is 2.32. The zero-order valence-electron chi connectivity index (χ0n) is 9.41. The van der Waals surface area contributed by atoms with Crippen LogP contribution in [0.3, 0.4) is 0 Å². The van der Waals surface area contributed by atoms with Crippen molar-refractivity contribution in [2.75, 3.05) is 0 Å². The van der Waals surface area contributed by atoms with Gasteiger partial charge in [0, 0.05) is 6.20 Å². The molecule has 1 heterocycles. The maximum absolute atomic E-state index is 11.8. The highest BCUT2D eigenvalue weighted by Crippen LogP contribution is 2.07. The van der Waals surface area contributed by atoms with Gasteiger partial charge < -0.3 is 0 Å². The first-order valence-corrected chi connectivity index (χ1v) is 6.88. The van der Waals surface area contributed by atoms with Crippen LogP contribution in [0.25, 0.3) is 0 Å². The van der Waals surface area contributed by atoms with E-state index in [2.05, 4.69) is 10.0 Å². The Morgan fingerprint density at radius 2 is 1.89 bits per heavy atom. The quantitative estimate of drug-likeness (QED) is 0.866. The molecule has 6 heteroatoms. The summed E-state index contributed by atoms with van der Waals surface area (Å²) in [7, 11) is -3.60. The third kappa shape index (κ3) is 3.21. The SMILES string of the molecule is O=C1[N]C=CC=C1NS(=O)(=O)Cc1ccccc1. The number of hydrogen-bond donors (Lipinski definition) is 1. The summed E-state index contributed by atoms with van der Waals surface area (Å²) in [6.45, 7) is 0. The Morgan fingerprint density at radius 1 is 1.17 bits per heavy atom. The van der Waals surface area contributed by atoms with Crippen molar-refractivity contribution in [2.45, 2.75) is 5.75 Å². The van der Waals surface area contributed by atoms with Crippen molar-refractivity contribution in [1.82, 2.24) is 10.0 Å². The van der Waals surface area contributed by atoms with E-state index in [-0.39, 0.29) is 11.4 Å². The van der Waals surface area contributed by atoms with E-state index >= 15 is 0 Å². The molecule has 0 bridgehead atoms. The number of carbonyl (C=O) groups is 1. The molecule has 5 nitrogen and oxygen atoms in total. The number of carbonyl (C=O) groups excluding carboxylic acids is 1. The fourth-order valence-corrected chi connectivity index (χ4v) is 2.66. The molecule has 93 valence electrons. The molecule has 0 spiro atoms. The molecule has 1 radical (unpaired) electrons. The van der Waals surface area contributed by atoms with Gasteiger partial charge in [0.25, 0.3) is 5.91 Å². The van der Waals surface area contributed by atoms with Crippen LogP contribution in [0.2, 0.25) is 0 Å². The Balaban J connectivity index is 2.11. The molecule has 1 aliphatic rings. The van der Waals surface area contributed by atoms with Crippen molar-refractivity contribution in [2.24, 2.45) is 0 Å². The molecule has 1 aromatic rings. The highest BCUT2D eigenvalue weighted by Gasteiger charge is 2.19. The minimum Gasteiger partial charge on any atom is -0.278 e. The van der Waals surface area contributed by atoms with E-state index in [1.54, 1.807) is 30.3 Å². The predicted molar refractivity (Wildman–Crippen MR) is 66.6 cm³/mol. The largest absolute Gasteiger partial charge is 0.293 e. The van der Waals surface area contributed by atoms with Gasteiger partial charge >= 0.3 is 0 Å². The smallest absolute Gasteiger partial charge is 0.278 e. The Morgan fingerprint density at radius 3 is 2.56 bits per heavy atom. The van der Waals surface area contributed by atoms with Gasteiger partial charge in [0.1, 0.15) is 5.70 Å². The van der Waals surface area contributed by atoms with Crippen molar-refractivity contribution in [1.29, 1.82) is 0 Å². The van der Waals surface area contributed by atoms with Gasteiger partial charge in [-0.2, -0.15) is 0 Å². The molecule has 0 aromatic heterocycles. The van der Waals surface area contributed by atoms with Crippen LogP contribution in [0.15, 0.2) is 54.4 Å². The lowest BCUT2D eigenvalue weighted by Crippen LogP contribution is -2.32. The van der Waals surface area contributed by atoms with Crippen molar-refractivity contribution < 1.29 is 13.2 Å². The number of sulfonamides is 1. The molecular formula is C12H11N2O3S. The van der Waals surface area contributed by atoms with Gasteiger partial charge in [0.15, 0.2) is 0 Å². The lowest BCUT2D eigenvalue weighted by Gasteiger charge is -2.11. The fourth-order valence-electron chi connectivity index (χ4n) is 1.47. The second-order valence-corrected chi connectivity index (χ2v) is 5.43. The molecule has 0 aliphatic carbocycles. The van der Waals surface area contributed by atoms with E-state index in [0.29, 0.717) is 5.56 Å². The molecule has 0 fully saturated rings. The summed E-state index contributed by atoms with van der Waals surface area (Å²) >= 11 is 0. The molecule has 1 aliphatic heterocycles. The van der Waals surface area contributed by atoms with Crippen molar-refractivity contribution in [3.8, 4) is 0 Å². The van der Waals surface area contributed by atoms with Crippen LogP contribution in [0, 0.1) is 0 Å². The standard InChI is InChI=1S/C12H11N2O3S/c15-12-11(7-4-8-13-12)14-18(16,17)9-10-5-2-1-3-6-10/h1-8,14H,9H2. The summed E-state index contributed by atoms with van der Waals surface area (Å²) in [6.07, 6.45) is 4.21. The van der Waals surface area contributed by atoms with E-state index in [0.717, 1.165) is 0 Å². The van der Waals surface area contributed by atoms with Crippen molar-refractivity contribution in [3.05, 3.63) is 59.9 Å². The molecule has 0 unspecified atom stereocenters. The molecule has 1 amide bonds. The lowest BCUT2D eigenvalue weighted by molar-refractivity contribution is -0.117. The first kappa shape index (κ1) is 12.4. The number of hydrogen-bond acceptors (Lipinski definition) is 3. The molecular weight excluding hydrogens is 252 g/mol. The molecule has 18 heavy (non-hydrogen) atoms. The Hall–Kier alpha value is -2.08. The van der Waals surface area contributed by atoms with Gasteiger partial charge in [-0.25, -0.2) is 13.7 Å². The van der Waals surface area contributed by atoms with Crippen LogP contribution in [0.4, 0.5) is 0 Å². The van der Waals surface area contributed by atoms with Crippen LogP contribution in [0.5, 0.6) is 0 Å². The second-order valence-electron chi connectivity index (χ2n) is 3.70. The zero-order chi connectivity index (χ0) is 13.0. The highest BCUT2D eigenvalue weighted by molar-refractivity contribution is 7.88. The zero-order valence-corrected chi connectivity index (χ0v) is 10.2. The topological polar surface area (TPSA) is 77.3 Å². The van der Waals surface area contributed by atoms with Crippen molar-refractivity contribution >= 4 is 15.9 Å². The fraction of sp³-hybridized carbons (Fsp3) is 0.0833. The normalized spacial score (nSPS) is 14.9. The minimum absolute atomic E-state index is 0.0339. The maximum Gasteiger partial charge on any atom is 0.293 e. The molecule has 1 N–H and O–H groups in total. The summed E-state index contributed by atoms with van der Waals surface area (Å²) in [5.74, 6) is -0.767. The van der Waals surface area contributed by atoms with Gasteiger partial charge in [-0.05, 0) is 17.7 Å². The van der Waals surface area contributed by atoms with Gasteiger partial charge in [-0.15, -0.1) is 0 Å². The van der Waals surface area contributed by atoms with Gasteiger partial charge in [0.2, 0.25) is 10.0 Å². The van der Waals surface area contributed by atoms with E-state index in [1.807, 2.05) is 0 Å². The number of nitrogens with zero attached hydrogens (tertiary/aromatic N) is 1. The predicted octanol–water partition coefficient (Wildman–Crippen LogP) is 0.648. The third-order valence-corrected chi connectivity index (χ3v) is 3.48. The van der Waals surface area contributed by atoms with Crippen LogP contribution >= 0.6 is 0 Å². The monoisotopic (exact) mass is 263 g/mol. The summed E-state index contributed by atoms with van der Waals surface area (Å²) < 4.78 is 25.9. The average molecular weight is 263 g/mol. The van der Waals surface area contributed by atoms with Crippen LogP contribution in [-0.4, -0.2) is 14.3 Å². The Kier molecular flexibility index (Phi) is 3.47. The first-order valence-electron chi connectivity index (χ1n) is 5.23. The van der Waals surface area contributed by atoms with Crippen LogP contribution < -0.4 is 10.0 Å². The molecule has 0 saturated heterocycles. The summed E-state index contributed by atoms with van der Waals surface area (Å²) in [5.41, 5.74) is 0.620. The number of rotatable bonds is 4. The number of allylic oxidation sites excluding steroid dienone is 2. The summed E-state index contributed by atoms with van der Waals surface area (Å²) in [4.78, 5) is 11.3. The number of nitrogens with one attached hydrogen (secondary N) is 1. The molecule has 0 saturated carbocycles. The number of benzene rings is 1. The van der Waals surface area contributed by atoms with Crippen LogP contribution in [-0.2, 0) is 20.6 Å². The molecule has 1 aromatic carbocycles. The van der Waals surface area contributed by atoms with E-state index in [1.165, 1.54) is 18.4 Å². The summed E-state index contributed by atoms with van der Waals surface area (Å²) in [6, 6.07) is 8.74. The van der Waals surface area contributed by atoms with Gasteiger partial charge in [-0.3, -0.25) is 9.52 Å². The van der Waals surface area contributed by atoms with Crippen molar-refractivity contribution in [3.63, 3.8) is 0 Å². The Bertz CT molecular complexity index is 603. The maximum atomic E-state index is 11.8. The first-order chi connectivity index (χ1) is 8.57. The Labute approximate surface area is 105 Å². The number of amides is 1. The van der Waals surface area contributed by atoms with E-state index < -0.39 is 15.9 Å². The minimum atomic E-state index is -3.60. The molecule has 0 atom stereocenters. The second kappa shape index (κ2) is 5.05. The highest BCUT2D eigenvalue weighted by atomic mass is 32.2. The third-order valence-electron chi connectivity index (χ3n) is 2.24. The lowest BCUT2D eigenvalue weighted by atomic mass is 10.2. The van der Waals surface area contributed by atoms with Gasteiger partial charge in [-0.1, -0.05) is 30.3 Å². The van der Waals surface area contributed by atoms with Crippen LogP contribution in [0.1, 0.15) is 5.56 Å². The van der Waals surface area contributed by atoms with Gasteiger partial charge in [0.05, 0.1) is 5.75 Å². The summed E-state index contributed by atoms with van der Waals surface area (Å²) in [5, 5.41) is 3.49. The molecule has 2 rings (SSSR count). The van der Waals surface area contributed by atoms with E-state index in [4.69, 9.17) is 0 Å².